The number of aromatic nitrogens is 1. The molecule has 1 amide bonds. The minimum Gasteiger partial charge on any atom is -0.352 e. The first kappa shape index (κ1) is 15.1. The molecule has 0 bridgehead atoms. The van der Waals surface area contributed by atoms with Crippen molar-refractivity contribution < 1.29 is 4.79 Å². The number of hydrogen-bond donors (Lipinski definition) is 1. The zero-order valence-corrected chi connectivity index (χ0v) is 14.3. The number of amides is 1. The van der Waals surface area contributed by atoms with Crippen LogP contribution in [0, 0.1) is 0 Å². The molecule has 0 spiro atoms. The van der Waals surface area contributed by atoms with Gasteiger partial charge < -0.3 is 5.32 Å². The van der Waals surface area contributed by atoms with Gasteiger partial charge in [-0.15, -0.1) is 11.3 Å². The van der Waals surface area contributed by atoms with Crippen molar-refractivity contribution in [2.45, 2.75) is 50.6 Å². The summed E-state index contributed by atoms with van der Waals surface area (Å²) in [6.45, 7) is 4.01. The van der Waals surface area contributed by atoms with Crippen molar-refractivity contribution in [2.75, 3.05) is 13.1 Å². The summed E-state index contributed by atoms with van der Waals surface area (Å²) in [4.78, 5) is 19.3. The quantitative estimate of drug-likeness (QED) is 0.937. The SMILES string of the molecule is C[C@@H](C(=O)NC1CC1)N1CCC(c2nc3ccccc3s2)CC1. The van der Waals surface area contributed by atoms with Gasteiger partial charge in [-0.05, 0) is 57.8 Å². The summed E-state index contributed by atoms with van der Waals surface area (Å²) in [5.41, 5.74) is 1.12. The number of benzene rings is 1. The van der Waals surface area contributed by atoms with Gasteiger partial charge in [0.25, 0.3) is 0 Å². The maximum atomic E-state index is 12.2. The third-order valence-electron chi connectivity index (χ3n) is 5.04. The Bertz CT molecular complexity index is 668. The largest absolute Gasteiger partial charge is 0.352 e. The van der Waals surface area contributed by atoms with Crippen LogP contribution in [0.25, 0.3) is 10.2 Å². The number of fused-ring (bicyclic) bond motifs is 1. The van der Waals surface area contributed by atoms with E-state index in [9.17, 15) is 4.79 Å². The highest BCUT2D eigenvalue weighted by Gasteiger charge is 2.31. The molecule has 4 nitrogen and oxygen atoms in total. The first-order valence-corrected chi connectivity index (χ1v) is 9.42. The van der Waals surface area contributed by atoms with Crippen LogP contribution < -0.4 is 5.32 Å². The van der Waals surface area contributed by atoms with Crippen LogP contribution in [0.4, 0.5) is 0 Å². The van der Waals surface area contributed by atoms with Crippen LogP contribution in [0.3, 0.4) is 0 Å². The Morgan fingerprint density at radius 2 is 2.00 bits per heavy atom. The normalized spacial score (nSPS) is 21.4. The highest BCUT2D eigenvalue weighted by molar-refractivity contribution is 7.18. The van der Waals surface area contributed by atoms with E-state index < -0.39 is 0 Å². The van der Waals surface area contributed by atoms with E-state index in [4.69, 9.17) is 4.98 Å². The fourth-order valence-electron chi connectivity index (χ4n) is 3.31. The Hall–Kier alpha value is -1.46. The second-order valence-electron chi connectivity index (χ2n) is 6.79. The first-order valence-electron chi connectivity index (χ1n) is 8.60. The van der Waals surface area contributed by atoms with E-state index in [1.54, 1.807) is 0 Å². The number of thiazole rings is 1. The molecular formula is C18H23N3OS. The Morgan fingerprint density at radius 1 is 1.26 bits per heavy atom. The van der Waals surface area contributed by atoms with Gasteiger partial charge in [0.15, 0.2) is 0 Å². The van der Waals surface area contributed by atoms with Crippen molar-refractivity contribution >= 4 is 27.5 Å². The Morgan fingerprint density at radius 3 is 2.70 bits per heavy atom. The van der Waals surface area contributed by atoms with Crippen molar-refractivity contribution in [2.24, 2.45) is 0 Å². The van der Waals surface area contributed by atoms with Gasteiger partial charge >= 0.3 is 0 Å². The molecule has 0 unspecified atom stereocenters. The number of likely N-dealkylation sites (tertiary alicyclic amines) is 1. The molecule has 2 aliphatic rings. The van der Waals surface area contributed by atoms with E-state index in [0.717, 1.165) is 44.3 Å². The second kappa shape index (κ2) is 6.21. The zero-order chi connectivity index (χ0) is 15.8. The molecule has 2 heterocycles. The van der Waals surface area contributed by atoms with Crippen molar-refractivity contribution in [3.8, 4) is 0 Å². The van der Waals surface area contributed by atoms with Crippen molar-refractivity contribution in [3.63, 3.8) is 0 Å². The molecule has 1 aromatic heterocycles. The Kier molecular flexibility index (Phi) is 4.07. The van der Waals surface area contributed by atoms with E-state index in [-0.39, 0.29) is 11.9 Å². The third kappa shape index (κ3) is 3.26. The summed E-state index contributed by atoms with van der Waals surface area (Å²) < 4.78 is 1.28. The molecule has 2 aromatic rings. The number of para-hydroxylation sites is 1. The molecular weight excluding hydrogens is 306 g/mol. The molecule has 122 valence electrons. The Labute approximate surface area is 140 Å². The van der Waals surface area contributed by atoms with E-state index >= 15 is 0 Å². The van der Waals surface area contributed by atoms with Gasteiger partial charge in [-0.1, -0.05) is 12.1 Å². The van der Waals surface area contributed by atoms with Crippen LogP contribution in [0.5, 0.6) is 0 Å². The van der Waals surface area contributed by atoms with Crippen LogP contribution in [0.15, 0.2) is 24.3 Å². The molecule has 1 N–H and O–H groups in total. The van der Waals surface area contributed by atoms with E-state index in [1.165, 1.54) is 9.71 Å². The predicted molar refractivity (Wildman–Crippen MR) is 93.8 cm³/mol. The summed E-state index contributed by atoms with van der Waals surface area (Å²) in [6.07, 6.45) is 4.50. The predicted octanol–water partition coefficient (Wildman–Crippen LogP) is 3.14. The van der Waals surface area contributed by atoms with Crippen molar-refractivity contribution in [3.05, 3.63) is 29.3 Å². The van der Waals surface area contributed by atoms with Gasteiger partial charge in [-0.3, -0.25) is 9.69 Å². The molecule has 0 radical (unpaired) electrons. The third-order valence-corrected chi connectivity index (χ3v) is 6.24. The average molecular weight is 329 g/mol. The number of carbonyl (C=O) groups excluding carboxylic acids is 1. The Balaban J connectivity index is 1.37. The zero-order valence-electron chi connectivity index (χ0n) is 13.5. The standard InChI is InChI=1S/C18H23N3OS/c1-12(17(22)19-14-6-7-14)21-10-8-13(9-11-21)18-20-15-4-2-3-5-16(15)23-18/h2-5,12-14H,6-11H2,1H3,(H,19,22)/t12-/m0/s1. The number of carbonyl (C=O) groups is 1. The van der Waals surface area contributed by atoms with Gasteiger partial charge in [0.2, 0.25) is 5.91 Å². The van der Waals surface area contributed by atoms with Crippen LogP contribution >= 0.6 is 11.3 Å². The number of rotatable bonds is 4. The fraction of sp³-hybridized carbons (Fsp3) is 0.556. The molecule has 1 aromatic carbocycles. The van der Waals surface area contributed by atoms with Crippen LogP contribution in [0.1, 0.15) is 43.5 Å². The van der Waals surface area contributed by atoms with Crippen molar-refractivity contribution in [1.82, 2.24) is 15.2 Å². The number of piperidine rings is 1. The summed E-state index contributed by atoms with van der Waals surface area (Å²) in [6, 6.07) is 8.81. The van der Waals surface area contributed by atoms with Gasteiger partial charge in [0.1, 0.15) is 0 Å². The van der Waals surface area contributed by atoms with Crippen LogP contribution in [-0.4, -0.2) is 41.0 Å². The minimum absolute atomic E-state index is 0.00748. The summed E-state index contributed by atoms with van der Waals surface area (Å²) in [5.74, 6) is 0.744. The molecule has 1 aliphatic carbocycles. The second-order valence-corrected chi connectivity index (χ2v) is 7.85. The summed E-state index contributed by atoms with van der Waals surface area (Å²) in [5, 5.41) is 4.39. The van der Waals surface area contributed by atoms with Gasteiger partial charge in [-0.2, -0.15) is 0 Å². The number of hydrogen-bond acceptors (Lipinski definition) is 4. The van der Waals surface area contributed by atoms with E-state index in [1.807, 2.05) is 18.3 Å². The molecule has 4 rings (SSSR count). The summed E-state index contributed by atoms with van der Waals surface area (Å²) in [7, 11) is 0. The lowest BCUT2D eigenvalue weighted by atomic mass is 9.96. The van der Waals surface area contributed by atoms with Gasteiger partial charge in [0.05, 0.1) is 21.3 Å². The topological polar surface area (TPSA) is 45.2 Å². The molecule has 1 saturated heterocycles. The van der Waals surface area contributed by atoms with Crippen LogP contribution in [0.2, 0.25) is 0 Å². The summed E-state index contributed by atoms with van der Waals surface area (Å²) >= 11 is 1.83. The number of nitrogens with one attached hydrogen (secondary N) is 1. The molecule has 2 fully saturated rings. The van der Waals surface area contributed by atoms with Gasteiger partial charge in [-0.25, -0.2) is 4.98 Å². The molecule has 5 heteroatoms. The van der Waals surface area contributed by atoms with E-state index in [0.29, 0.717) is 12.0 Å². The van der Waals surface area contributed by atoms with Crippen molar-refractivity contribution in [1.29, 1.82) is 0 Å². The van der Waals surface area contributed by atoms with E-state index in [2.05, 4.69) is 34.5 Å². The van der Waals surface area contributed by atoms with Gasteiger partial charge in [0, 0.05) is 12.0 Å². The fourth-order valence-corrected chi connectivity index (χ4v) is 4.45. The lowest BCUT2D eigenvalue weighted by Crippen LogP contribution is -2.48. The number of nitrogens with zero attached hydrogens (tertiary/aromatic N) is 2. The van der Waals surface area contributed by atoms with Crippen LogP contribution in [-0.2, 0) is 4.79 Å². The lowest BCUT2D eigenvalue weighted by Gasteiger charge is -2.34. The first-order chi connectivity index (χ1) is 11.2. The average Bonchev–Trinajstić information content (AvgIpc) is 3.29. The highest BCUT2D eigenvalue weighted by atomic mass is 32.1. The monoisotopic (exact) mass is 329 g/mol. The maximum absolute atomic E-state index is 12.2. The molecule has 1 atom stereocenters. The maximum Gasteiger partial charge on any atom is 0.237 e. The molecule has 1 aliphatic heterocycles. The minimum atomic E-state index is -0.00748. The molecule has 23 heavy (non-hydrogen) atoms. The smallest absolute Gasteiger partial charge is 0.237 e. The highest BCUT2D eigenvalue weighted by Crippen LogP contribution is 2.34. The molecule has 1 saturated carbocycles. The lowest BCUT2D eigenvalue weighted by molar-refractivity contribution is -0.126.